The molecule has 0 bridgehead atoms. The second-order valence-electron chi connectivity index (χ2n) is 6.54. The molecule has 1 aromatic heterocycles. The highest BCUT2D eigenvalue weighted by Gasteiger charge is 2.25. The van der Waals surface area contributed by atoms with Crippen LogP contribution >= 0.6 is 0 Å². The standard InChI is InChI=1S/C15H27N3O/c1-9-15(6,7)19-12-10(2)11(16-8)17-13(18-12)14(3,4)5/h9H2,1-8H3,(H,16,17,18). The maximum atomic E-state index is 6.07. The number of aromatic nitrogens is 2. The van der Waals surface area contributed by atoms with E-state index in [2.05, 4.69) is 56.8 Å². The summed E-state index contributed by atoms with van der Waals surface area (Å²) in [6, 6.07) is 0. The summed E-state index contributed by atoms with van der Waals surface area (Å²) < 4.78 is 6.07. The lowest BCUT2D eigenvalue weighted by Crippen LogP contribution is -2.29. The van der Waals surface area contributed by atoms with Gasteiger partial charge >= 0.3 is 0 Å². The van der Waals surface area contributed by atoms with Gasteiger partial charge in [0, 0.05) is 12.5 Å². The minimum Gasteiger partial charge on any atom is -0.471 e. The lowest BCUT2D eigenvalue weighted by molar-refractivity contribution is 0.0971. The Kier molecular flexibility index (Phi) is 4.43. The third-order valence-electron chi connectivity index (χ3n) is 3.23. The van der Waals surface area contributed by atoms with Gasteiger partial charge in [0.15, 0.2) is 0 Å². The van der Waals surface area contributed by atoms with Gasteiger partial charge in [-0.3, -0.25) is 0 Å². The fourth-order valence-electron chi connectivity index (χ4n) is 1.51. The van der Waals surface area contributed by atoms with Crippen molar-refractivity contribution in [2.45, 2.75) is 65.9 Å². The van der Waals surface area contributed by atoms with Crippen molar-refractivity contribution in [3.8, 4) is 5.88 Å². The molecule has 4 heteroatoms. The Hall–Kier alpha value is -1.32. The quantitative estimate of drug-likeness (QED) is 0.902. The topological polar surface area (TPSA) is 47.0 Å². The van der Waals surface area contributed by atoms with Gasteiger partial charge in [0.25, 0.3) is 0 Å². The number of ether oxygens (including phenoxy) is 1. The van der Waals surface area contributed by atoms with Crippen LogP contribution in [0.3, 0.4) is 0 Å². The summed E-state index contributed by atoms with van der Waals surface area (Å²) in [4.78, 5) is 9.19. The van der Waals surface area contributed by atoms with E-state index in [-0.39, 0.29) is 11.0 Å². The summed E-state index contributed by atoms with van der Waals surface area (Å²) in [5.74, 6) is 2.31. The first kappa shape index (κ1) is 15.7. The number of nitrogens with one attached hydrogen (secondary N) is 1. The first-order valence-electron chi connectivity index (χ1n) is 6.86. The van der Waals surface area contributed by atoms with E-state index in [1.807, 2.05) is 14.0 Å². The first-order chi connectivity index (χ1) is 8.60. The lowest BCUT2D eigenvalue weighted by atomic mass is 9.95. The van der Waals surface area contributed by atoms with Crippen LogP contribution in [0.4, 0.5) is 5.82 Å². The third-order valence-corrected chi connectivity index (χ3v) is 3.23. The molecule has 1 rings (SSSR count). The third kappa shape index (κ3) is 3.82. The molecule has 0 aliphatic rings. The van der Waals surface area contributed by atoms with Crippen LogP contribution in [0.1, 0.15) is 59.4 Å². The van der Waals surface area contributed by atoms with Crippen molar-refractivity contribution in [3.63, 3.8) is 0 Å². The Morgan fingerprint density at radius 2 is 1.68 bits per heavy atom. The predicted octanol–water partition coefficient (Wildman–Crippen LogP) is 3.69. The number of hydrogen-bond acceptors (Lipinski definition) is 4. The minimum absolute atomic E-state index is 0.103. The average molecular weight is 265 g/mol. The highest BCUT2D eigenvalue weighted by Crippen LogP contribution is 2.30. The summed E-state index contributed by atoms with van der Waals surface area (Å²) in [5, 5.41) is 3.12. The lowest BCUT2D eigenvalue weighted by Gasteiger charge is -2.27. The van der Waals surface area contributed by atoms with Crippen molar-refractivity contribution >= 4 is 5.82 Å². The molecule has 0 atom stereocenters. The van der Waals surface area contributed by atoms with Gasteiger partial charge in [0.2, 0.25) is 5.88 Å². The van der Waals surface area contributed by atoms with Gasteiger partial charge in [-0.1, -0.05) is 27.7 Å². The van der Waals surface area contributed by atoms with Crippen LogP contribution < -0.4 is 10.1 Å². The number of rotatable bonds is 4. The fraction of sp³-hybridized carbons (Fsp3) is 0.733. The average Bonchev–Trinajstić information content (AvgIpc) is 2.30. The van der Waals surface area contributed by atoms with Crippen LogP contribution in [0.25, 0.3) is 0 Å². The van der Waals surface area contributed by atoms with Crippen molar-refractivity contribution in [1.29, 1.82) is 0 Å². The van der Waals surface area contributed by atoms with E-state index >= 15 is 0 Å². The van der Waals surface area contributed by atoms with Crippen LogP contribution in [0, 0.1) is 6.92 Å². The number of anilines is 1. The molecule has 0 aliphatic heterocycles. The van der Waals surface area contributed by atoms with Gasteiger partial charge in [0.05, 0.1) is 5.56 Å². The van der Waals surface area contributed by atoms with Gasteiger partial charge in [-0.05, 0) is 27.2 Å². The van der Waals surface area contributed by atoms with Crippen LogP contribution in [-0.4, -0.2) is 22.6 Å². The van der Waals surface area contributed by atoms with Crippen molar-refractivity contribution in [1.82, 2.24) is 9.97 Å². The van der Waals surface area contributed by atoms with Crippen molar-refractivity contribution in [2.24, 2.45) is 0 Å². The summed E-state index contributed by atoms with van der Waals surface area (Å²) in [7, 11) is 1.87. The number of hydrogen-bond donors (Lipinski definition) is 1. The van der Waals surface area contributed by atoms with E-state index in [1.165, 1.54) is 0 Å². The van der Waals surface area contributed by atoms with Crippen LogP contribution in [0.15, 0.2) is 0 Å². The van der Waals surface area contributed by atoms with Gasteiger partial charge in [0.1, 0.15) is 17.2 Å². The predicted molar refractivity (Wildman–Crippen MR) is 80.0 cm³/mol. The van der Waals surface area contributed by atoms with Crippen molar-refractivity contribution < 1.29 is 4.74 Å². The molecular formula is C15H27N3O. The van der Waals surface area contributed by atoms with E-state index in [9.17, 15) is 0 Å². The van der Waals surface area contributed by atoms with Crippen molar-refractivity contribution in [3.05, 3.63) is 11.4 Å². The smallest absolute Gasteiger partial charge is 0.222 e. The van der Waals surface area contributed by atoms with Gasteiger partial charge in [-0.25, -0.2) is 4.98 Å². The van der Waals surface area contributed by atoms with E-state index in [1.54, 1.807) is 0 Å². The zero-order valence-electron chi connectivity index (χ0n) is 13.5. The Morgan fingerprint density at radius 3 is 2.11 bits per heavy atom. The minimum atomic E-state index is -0.223. The molecule has 19 heavy (non-hydrogen) atoms. The maximum Gasteiger partial charge on any atom is 0.222 e. The zero-order valence-corrected chi connectivity index (χ0v) is 13.5. The molecule has 1 N–H and O–H groups in total. The highest BCUT2D eigenvalue weighted by atomic mass is 16.5. The van der Waals surface area contributed by atoms with E-state index in [0.717, 1.165) is 23.6 Å². The maximum absolute atomic E-state index is 6.07. The molecule has 0 spiro atoms. The highest BCUT2D eigenvalue weighted by molar-refractivity contribution is 5.48. The molecule has 1 aromatic rings. The molecule has 0 saturated heterocycles. The molecule has 108 valence electrons. The molecule has 1 heterocycles. The summed E-state index contributed by atoms with van der Waals surface area (Å²) in [5.41, 5.74) is 0.629. The normalized spacial score (nSPS) is 12.4. The van der Waals surface area contributed by atoms with Crippen LogP contribution in [-0.2, 0) is 5.41 Å². The number of nitrogens with zero attached hydrogens (tertiary/aromatic N) is 2. The molecular weight excluding hydrogens is 238 g/mol. The fourth-order valence-corrected chi connectivity index (χ4v) is 1.51. The Morgan fingerprint density at radius 1 is 1.11 bits per heavy atom. The van der Waals surface area contributed by atoms with Gasteiger partial charge in [-0.15, -0.1) is 0 Å². The molecule has 0 saturated carbocycles. The van der Waals surface area contributed by atoms with E-state index < -0.39 is 0 Å². The summed E-state index contributed by atoms with van der Waals surface area (Å²) in [6.07, 6.45) is 0.927. The SMILES string of the molecule is CCC(C)(C)Oc1nc(C(C)(C)C)nc(NC)c1C. The molecule has 0 radical (unpaired) electrons. The van der Waals surface area contributed by atoms with Gasteiger partial charge in [-0.2, -0.15) is 4.98 Å². The summed E-state index contributed by atoms with van der Waals surface area (Å²) in [6.45, 7) is 14.6. The monoisotopic (exact) mass is 265 g/mol. The molecule has 0 aromatic carbocycles. The molecule has 0 amide bonds. The van der Waals surface area contributed by atoms with Crippen LogP contribution in [0.2, 0.25) is 0 Å². The molecule has 0 fully saturated rings. The summed E-state index contributed by atoms with van der Waals surface area (Å²) >= 11 is 0. The zero-order chi connectivity index (χ0) is 14.8. The second kappa shape index (κ2) is 5.35. The van der Waals surface area contributed by atoms with Gasteiger partial charge < -0.3 is 10.1 Å². The molecule has 0 unspecified atom stereocenters. The first-order valence-corrected chi connectivity index (χ1v) is 6.86. The van der Waals surface area contributed by atoms with Crippen molar-refractivity contribution in [2.75, 3.05) is 12.4 Å². The molecule has 0 aliphatic carbocycles. The van der Waals surface area contributed by atoms with E-state index in [4.69, 9.17) is 4.74 Å². The Balaban J connectivity index is 3.30. The van der Waals surface area contributed by atoms with Crippen LogP contribution in [0.5, 0.6) is 5.88 Å². The molecule has 4 nitrogen and oxygen atoms in total. The van der Waals surface area contributed by atoms with E-state index in [0.29, 0.717) is 5.88 Å². The largest absolute Gasteiger partial charge is 0.471 e. The Labute approximate surface area is 117 Å². The Bertz CT molecular complexity index is 447. The second-order valence-corrected chi connectivity index (χ2v) is 6.54.